The molecule has 142 valence electrons. The van der Waals surface area contributed by atoms with Crippen molar-refractivity contribution in [2.45, 2.75) is 12.5 Å². The van der Waals surface area contributed by atoms with Gasteiger partial charge in [0.25, 0.3) is 5.91 Å². The van der Waals surface area contributed by atoms with Crippen LogP contribution in [0, 0.1) is 0 Å². The predicted molar refractivity (Wildman–Crippen MR) is 104 cm³/mol. The van der Waals surface area contributed by atoms with Gasteiger partial charge in [0, 0.05) is 24.4 Å². The summed E-state index contributed by atoms with van der Waals surface area (Å²) in [6.07, 6.45) is 0.696. The lowest BCUT2D eigenvalue weighted by Crippen LogP contribution is -2.32. The van der Waals surface area contributed by atoms with Crippen molar-refractivity contribution in [2.24, 2.45) is 0 Å². The van der Waals surface area contributed by atoms with Gasteiger partial charge in [0.15, 0.2) is 11.5 Å². The van der Waals surface area contributed by atoms with Crippen molar-refractivity contribution in [2.75, 3.05) is 26.3 Å². The second kappa shape index (κ2) is 7.03. The van der Waals surface area contributed by atoms with Crippen LogP contribution < -0.4 is 14.2 Å². The highest BCUT2D eigenvalue weighted by Gasteiger charge is 2.31. The van der Waals surface area contributed by atoms with Crippen molar-refractivity contribution in [1.82, 2.24) is 9.88 Å². The number of pyridine rings is 1. The third kappa shape index (κ3) is 3.11. The molecule has 1 atom stereocenters. The van der Waals surface area contributed by atoms with Crippen molar-refractivity contribution in [3.05, 3.63) is 60.2 Å². The molecular formula is C22H20N2O4. The number of rotatable bonds is 3. The Labute approximate surface area is 162 Å². The summed E-state index contributed by atoms with van der Waals surface area (Å²) < 4.78 is 17.3. The predicted octanol–water partition coefficient (Wildman–Crippen LogP) is 3.30. The number of hydrogen-bond donors (Lipinski definition) is 0. The largest absolute Gasteiger partial charge is 0.486 e. The van der Waals surface area contributed by atoms with Gasteiger partial charge in [0.1, 0.15) is 19.3 Å². The van der Waals surface area contributed by atoms with E-state index in [1.807, 2.05) is 48.5 Å². The minimum atomic E-state index is -0.0747. The lowest BCUT2D eigenvalue weighted by Gasteiger charge is -2.23. The van der Waals surface area contributed by atoms with Crippen molar-refractivity contribution >= 4 is 16.8 Å². The van der Waals surface area contributed by atoms with E-state index in [9.17, 15) is 4.79 Å². The minimum absolute atomic E-state index is 0.0556. The van der Waals surface area contributed by atoms with Crippen molar-refractivity contribution in [1.29, 1.82) is 0 Å². The summed E-state index contributed by atoms with van der Waals surface area (Å²) in [5, 5.41) is 1.08. The molecule has 2 aliphatic heterocycles. The van der Waals surface area contributed by atoms with Crippen LogP contribution in [0.1, 0.15) is 16.8 Å². The molecule has 2 aromatic carbocycles. The number of amides is 1. The Morgan fingerprint density at radius 2 is 1.93 bits per heavy atom. The summed E-state index contributed by atoms with van der Waals surface area (Å²) in [4.78, 5) is 19.4. The number of benzene rings is 2. The summed E-state index contributed by atoms with van der Waals surface area (Å²) in [6.45, 7) is 2.12. The van der Waals surface area contributed by atoms with Gasteiger partial charge < -0.3 is 19.1 Å². The first kappa shape index (κ1) is 16.9. The normalized spacial score (nSPS) is 18.3. The second-order valence-corrected chi connectivity index (χ2v) is 6.95. The molecule has 0 bridgehead atoms. The molecule has 1 unspecified atom stereocenters. The van der Waals surface area contributed by atoms with E-state index in [0.29, 0.717) is 49.2 Å². The number of aromatic nitrogens is 1. The van der Waals surface area contributed by atoms with Gasteiger partial charge in [0.05, 0.1) is 17.6 Å². The van der Waals surface area contributed by atoms with E-state index in [4.69, 9.17) is 14.2 Å². The number of hydrogen-bond acceptors (Lipinski definition) is 5. The van der Waals surface area contributed by atoms with Crippen LogP contribution in [0.3, 0.4) is 0 Å². The van der Waals surface area contributed by atoms with Crippen LogP contribution in [0.25, 0.3) is 10.9 Å². The molecule has 2 aliphatic rings. The van der Waals surface area contributed by atoms with Crippen LogP contribution in [0.4, 0.5) is 0 Å². The molecule has 28 heavy (non-hydrogen) atoms. The Balaban J connectivity index is 1.30. The van der Waals surface area contributed by atoms with Crippen LogP contribution in [0.15, 0.2) is 54.6 Å². The number of nitrogens with zero attached hydrogens (tertiary/aromatic N) is 2. The fraction of sp³-hybridized carbons (Fsp3) is 0.273. The van der Waals surface area contributed by atoms with Crippen molar-refractivity contribution in [3.8, 4) is 17.4 Å². The molecule has 6 nitrogen and oxygen atoms in total. The lowest BCUT2D eigenvalue weighted by atomic mass is 10.1. The molecule has 3 heterocycles. The van der Waals surface area contributed by atoms with Crippen LogP contribution in [-0.4, -0.2) is 48.2 Å². The van der Waals surface area contributed by atoms with Crippen molar-refractivity contribution < 1.29 is 19.0 Å². The van der Waals surface area contributed by atoms with Crippen LogP contribution in [0.5, 0.6) is 17.4 Å². The van der Waals surface area contributed by atoms with E-state index in [-0.39, 0.29) is 12.0 Å². The summed E-state index contributed by atoms with van der Waals surface area (Å²) in [5.41, 5.74) is 1.45. The smallest absolute Gasteiger partial charge is 0.257 e. The highest BCUT2D eigenvalue weighted by atomic mass is 16.6. The fourth-order valence-electron chi connectivity index (χ4n) is 3.71. The molecule has 0 aliphatic carbocycles. The molecule has 6 heteroatoms. The van der Waals surface area contributed by atoms with Gasteiger partial charge in [-0.05, 0) is 24.3 Å². The van der Waals surface area contributed by atoms with Crippen LogP contribution >= 0.6 is 0 Å². The fourth-order valence-corrected chi connectivity index (χ4v) is 3.71. The lowest BCUT2D eigenvalue weighted by molar-refractivity contribution is 0.0761. The molecule has 0 radical (unpaired) electrons. The van der Waals surface area contributed by atoms with Crippen molar-refractivity contribution in [3.63, 3.8) is 0 Å². The molecule has 3 aromatic rings. The van der Waals surface area contributed by atoms with Gasteiger partial charge in [-0.15, -0.1) is 0 Å². The number of likely N-dealkylation sites (tertiary alicyclic amines) is 1. The summed E-state index contributed by atoms with van der Waals surface area (Å²) >= 11 is 0. The number of carbonyl (C=O) groups excluding carboxylic acids is 1. The number of para-hydroxylation sites is 2. The first-order valence-electron chi connectivity index (χ1n) is 9.48. The standard InChI is InChI=1S/C22H20N2O4/c25-22(17-5-3-7-19-21(17)27-13-12-26-19)24-11-10-16(14-24)28-20-9-8-15-4-1-2-6-18(15)23-20/h1-9,16H,10-14H2. The minimum Gasteiger partial charge on any atom is -0.486 e. The van der Waals surface area contributed by atoms with Crippen LogP contribution in [-0.2, 0) is 0 Å². The number of ether oxygens (including phenoxy) is 3. The molecule has 0 saturated carbocycles. The van der Waals surface area contributed by atoms with Gasteiger partial charge in [-0.1, -0.05) is 24.3 Å². The molecule has 1 saturated heterocycles. The molecule has 0 N–H and O–H groups in total. The third-order valence-electron chi connectivity index (χ3n) is 5.09. The Kier molecular flexibility index (Phi) is 4.24. The summed E-state index contributed by atoms with van der Waals surface area (Å²) in [6, 6.07) is 17.3. The maximum Gasteiger partial charge on any atom is 0.257 e. The molecule has 5 rings (SSSR count). The maximum atomic E-state index is 13.0. The topological polar surface area (TPSA) is 60.9 Å². The quantitative estimate of drug-likeness (QED) is 0.702. The number of carbonyl (C=O) groups is 1. The molecular weight excluding hydrogens is 356 g/mol. The van der Waals surface area contributed by atoms with E-state index in [1.54, 1.807) is 11.0 Å². The zero-order valence-electron chi connectivity index (χ0n) is 15.3. The molecule has 0 spiro atoms. The average Bonchev–Trinajstić information content (AvgIpc) is 3.21. The monoisotopic (exact) mass is 376 g/mol. The highest BCUT2D eigenvalue weighted by Crippen LogP contribution is 2.35. The van der Waals surface area contributed by atoms with E-state index in [1.165, 1.54) is 0 Å². The van der Waals surface area contributed by atoms with Crippen LogP contribution in [0.2, 0.25) is 0 Å². The Morgan fingerprint density at radius 3 is 2.89 bits per heavy atom. The summed E-state index contributed by atoms with van der Waals surface area (Å²) in [5.74, 6) is 1.70. The van der Waals surface area contributed by atoms with E-state index >= 15 is 0 Å². The Hall–Kier alpha value is -3.28. The first-order chi connectivity index (χ1) is 13.8. The van der Waals surface area contributed by atoms with Gasteiger partial charge in [-0.2, -0.15) is 0 Å². The Bertz CT molecular complexity index is 1040. The van der Waals surface area contributed by atoms with Gasteiger partial charge in [-0.3, -0.25) is 4.79 Å². The molecule has 1 aromatic heterocycles. The highest BCUT2D eigenvalue weighted by molar-refractivity contribution is 5.98. The van der Waals surface area contributed by atoms with E-state index < -0.39 is 0 Å². The van der Waals surface area contributed by atoms with Gasteiger partial charge in [0.2, 0.25) is 5.88 Å². The first-order valence-corrected chi connectivity index (χ1v) is 9.48. The Morgan fingerprint density at radius 1 is 1.04 bits per heavy atom. The van der Waals surface area contributed by atoms with E-state index in [0.717, 1.165) is 17.3 Å². The van der Waals surface area contributed by atoms with E-state index in [2.05, 4.69) is 4.98 Å². The van der Waals surface area contributed by atoms with Gasteiger partial charge >= 0.3 is 0 Å². The van der Waals surface area contributed by atoms with Gasteiger partial charge in [-0.25, -0.2) is 4.98 Å². The average molecular weight is 376 g/mol. The molecule has 1 fully saturated rings. The molecule has 1 amide bonds. The maximum absolute atomic E-state index is 13.0. The third-order valence-corrected chi connectivity index (χ3v) is 5.09. The summed E-state index contributed by atoms with van der Waals surface area (Å²) in [7, 11) is 0. The number of fused-ring (bicyclic) bond motifs is 2. The SMILES string of the molecule is O=C(c1cccc2c1OCCO2)N1CCC(Oc2ccc3ccccc3n2)C1. The second-order valence-electron chi connectivity index (χ2n) is 6.95. The zero-order valence-corrected chi connectivity index (χ0v) is 15.3. The zero-order chi connectivity index (χ0) is 18.9.